The Morgan fingerprint density at radius 2 is 2.15 bits per heavy atom. The SMILES string of the molecule is O=S(=O)(c1ncccc1F)N1CCOC2CCCCC21. The van der Waals surface area contributed by atoms with Crippen molar-refractivity contribution in [2.45, 2.75) is 42.9 Å². The van der Waals surface area contributed by atoms with Gasteiger partial charge in [-0.3, -0.25) is 0 Å². The maximum absolute atomic E-state index is 13.8. The van der Waals surface area contributed by atoms with Crippen LogP contribution in [0.1, 0.15) is 25.7 Å². The summed E-state index contributed by atoms with van der Waals surface area (Å²) in [4.78, 5) is 3.72. The Balaban J connectivity index is 1.96. The standard InChI is InChI=1S/C13H17FN2O3S/c14-10-4-3-7-15-13(10)20(17,18)16-8-9-19-12-6-2-1-5-11(12)16/h3-4,7,11-12H,1-2,5-6,8-9H2. The fraction of sp³-hybridized carbons (Fsp3) is 0.615. The summed E-state index contributed by atoms with van der Waals surface area (Å²) in [5.41, 5.74) is 0. The van der Waals surface area contributed by atoms with E-state index >= 15 is 0 Å². The van der Waals surface area contributed by atoms with E-state index < -0.39 is 20.9 Å². The number of sulfonamides is 1. The van der Waals surface area contributed by atoms with E-state index in [1.165, 1.54) is 16.6 Å². The van der Waals surface area contributed by atoms with Gasteiger partial charge in [0.2, 0.25) is 5.03 Å². The van der Waals surface area contributed by atoms with Crippen LogP contribution in [0.25, 0.3) is 0 Å². The van der Waals surface area contributed by atoms with Gasteiger partial charge in [0, 0.05) is 12.7 Å². The molecule has 2 unspecified atom stereocenters. The molecule has 110 valence electrons. The van der Waals surface area contributed by atoms with Crippen molar-refractivity contribution >= 4 is 10.0 Å². The Hall–Kier alpha value is -1.05. The van der Waals surface area contributed by atoms with E-state index in [0.717, 1.165) is 31.7 Å². The summed E-state index contributed by atoms with van der Waals surface area (Å²) in [6.45, 7) is 0.619. The number of pyridine rings is 1. The van der Waals surface area contributed by atoms with E-state index in [0.29, 0.717) is 6.61 Å². The molecule has 1 aromatic heterocycles. The van der Waals surface area contributed by atoms with Crippen molar-refractivity contribution in [3.05, 3.63) is 24.1 Å². The van der Waals surface area contributed by atoms with Gasteiger partial charge in [0.25, 0.3) is 10.0 Å². The molecule has 0 N–H and O–H groups in total. The summed E-state index contributed by atoms with van der Waals surface area (Å²) >= 11 is 0. The average molecular weight is 300 g/mol. The van der Waals surface area contributed by atoms with E-state index in [-0.39, 0.29) is 18.7 Å². The van der Waals surface area contributed by atoms with Crippen molar-refractivity contribution in [2.24, 2.45) is 0 Å². The molecular weight excluding hydrogens is 283 g/mol. The van der Waals surface area contributed by atoms with Crippen molar-refractivity contribution < 1.29 is 17.5 Å². The maximum Gasteiger partial charge on any atom is 0.263 e. The fourth-order valence-electron chi connectivity index (χ4n) is 3.03. The van der Waals surface area contributed by atoms with Crippen molar-refractivity contribution in [2.75, 3.05) is 13.2 Å². The minimum Gasteiger partial charge on any atom is -0.375 e. The molecular formula is C13H17FN2O3S. The van der Waals surface area contributed by atoms with Crippen LogP contribution in [0.15, 0.2) is 23.4 Å². The van der Waals surface area contributed by atoms with Crippen LogP contribution in [0, 0.1) is 5.82 Å². The molecule has 0 amide bonds. The van der Waals surface area contributed by atoms with Crippen LogP contribution in [0.3, 0.4) is 0 Å². The Morgan fingerprint density at radius 3 is 2.95 bits per heavy atom. The smallest absolute Gasteiger partial charge is 0.263 e. The summed E-state index contributed by atoms with van der Waals surface area (Å²) in [7, 11) is -3.90. The van der Waals surface area contributed by atoms with Crippen LogP contribution in [-0.2, 0) is 14.8 Å². The minimum atomic E-state index is -3.90. The van der Waals surface area contributed by atoms with Crippen molar-refractivity contribution in [3.63, 3.8) is 0 Å². The lowest BCUT2D eigenvalue weighted by atomic mass is 9.91. The number of ether oxygens (including phenoxy) is 1. The average Bonchev–Trinajstić information content (AvgIpc) is 2.47. The third-order valence-electron chi connectivity index (χ3n) is 3.96. The molecule has 1 aliphatic heterocycles. The third kappa shape index (κ3) is 2.34. The van der Waals surface area contributed by atoms with E-state index in [1.54, 1.807) is 0 Å². The lowest BCUT2D eigenvalue weighted by Crippen LogP contribution is -2.54. The molecule has 5 nitrogen and oxygen atoms in total. The second-order valence-corrected chi connectivity index (χ2v) is 6.97. The van der Waals surface area contributed by atoms with Gasteiger partial charge in [-0.15, -0.1) is 0 Å². The molecule has 7 heteroatoms. The Labute approximate surface area is 117 Å². The molecule has 2 atom stereocenters. The summed E-state index contributed by atoms with van der Waals surface area (Å²) in [6.07, 6.45) is 4.88. The zero-order chi connectivity index (χ0) is 14.2. The van der Waals surface area contributed by atoms with Crippen molar-refractivity contribution in [1.29, 1.82) is 0 Å². The van der Waals surface area contributed by atoms with Gasteiger partial charge >= 0.3 is 0 Å². The number of rotatable bonds is 2. The Kier molecular flexibility index (Phi) is 3.74. The second-order valence-electron chi connectivity index (χ2n) is 5.17. The van der Waals surface area contributed by atoms with Gasteiger partial charge in [-0.2, -0.15) is 4.31 Å². The molecule has 0 spiro atoms. The number of morpholine rings is 1. The maximum atomic E-state index is 13.8. The zero-order valence-corrected chi connectivity index (χ0v) is 11.9. The lowest BCUT2D eigenvalue weighted by molar-refractivity contribution is -0.0587. The van der Waals surface area contributed by atoms with Crippen LogP contribution in [0.4, 0.5) is 4.39 Å². The first-order valence-corrected chi connectivity index (χ1v) is 8.28. The third-order valence-corrected chi connectivity index (χ3v) is 5.82. The minimum absolute atomic E-state index is 0.0703. The van der Waals surface area contributed by atoms with Gasteiger partial charge < -0.3 is 4.74 Å². The Bertz CT molecular complexity index is 591. The molecule has 1 aliphatic carbocycles. The normalized spacial score (nSPS) is 28.1. The number of fused-ring (bicyclic) bond motifs is 1. The van der Waals surface area contributed by atoms with E-state index in [4.69, 9.17) is 4.74 Å². The highest BCUT2D eigenvalue weighted by atomic mass is 32.2. The molecule has 20 heavy (non-hydrogen) atoms. The number of hydrogen-bond donors (Lipinski definition) is 0. The number of halogens is 1. The summed E-state index contributed by atoms with van der Waals surface area (Å²) < 4.78 is 46.1. The predicted molar refractivity (Wildman–Crippen MR) is 70.1 cm³/mol. The van der Waals surface area contributed by atoms with Crippen LogP contribution >= 0.6 is 0 Å². The number of aromatic nitrogens is 1. The van der Waals surface area contributed by atoms with Crippen LogP contribution < -0.4 is 0 Å². The van der Waals surface area contributed by atoms with E-state index in [2.05, 4.69) is 4.98 Å². The molecule has 0 aromatic carbocycles. The first-order valence-electron chi connectivity index (χ1n) is 6.84. The topological polar surface area (TPSA) is 59.5 Å². The first-order chi connectivity index (χ1) is 9.60. The van der Waals surface area contributed by atoms with Crippen LogP contribution in [-0.4, -0.2) is 43.0 Å². The largest absolute Gasteiger partial charge is 0.375 e. The van der Waals surface area contributed by atoms with Crippen molar-refractivity contribution in [3.8, 4) is 0 Å². The summed E-state index contributed by atoms with van der Waals surface area (Å²) in [5.74, 6) is -0.800. The summed E-state index contributed by atoms with van der Waals surface area (Å²) in [5, 5.41) is -0.480. The number of hydrogen-bond acceptors (Lipinski definition) is 4. The fourth-order valence-corrected chi connectivity index (χ4v) is 4.67. The van der Waals surface area contributed by atoms with Gasteiger partial charge in [0.1, 0.15) is 0 Å². The molecule has 1 saturated heterocycles. The summed E-state index contributed by atoms with van der Waals surface area (Å²) in [6, 6.07) is 2.32. The zero-order valence-electron chi connectivity index (χ0n) is 11.0. The van der Waals surface area contributed by atoms with E-state index in [1.807, 2.05) is 0 Å². The highest BCUT2D eigenvalue weighted by Gasteiger charge is 2.42. The monoisotopic (exact) mass is 300 g/mol. The molecule has 3 rings (SSSR count). The predicted octanol–water partition coefficient (Wildman–Crippen LogP) is 1.55. The van der Waals surface area contributed by atoms with Gasteiger partial charge in [-0.25, -0.2) is 17.8 Å². The highest BCUT2D eigenvalue weighted by Crippen LogP contribution is 2.32. The second kappa shape index (κ2) is 5.38. The van der Waals surface area contributed by atoms with Gasteiger partial charge in [0.15, 0.2) is 5.82 Å². The quantitative estimate of drug-likeness (QED) is 0.831. The van der Waals surface area contributed by atoms with Gasteiger partial charge in [-0.1, -0.05) is 12.8 Å². The van der Waals surface area contributed by atoms with Gasteiger partial charge in [0.05, 0.1) is 18.8 Å². The van der Waals surface area contributed by atoms with Crippen molar-refractivity contribution in [1.82, 2.24) is 9.29 Å². The molecule has 2 fully saturated rings. The lowest BCUT2D eigenvalue weighted by Gasteiger charge is -2.42. The molecule has 2 heterocycles. The van der Waals surface area contributed by atoms with Crippen LogP contribution in [0.5, 0.6) is 0 Å². The van der Waals surface area contributed by atoms with Crippen LogP contribution in [0.2, 0.25) is 0 Å². The molecule has 1 saturated carbocycles. The Morgan fingerprint density at radius 1 is 1.35 bits per heavy atom. The highest BCUT2D eigenvalue weighted by molar-refractivity contribution is 7.89. The van der Waals surface area contributed by atoms with Gasteiger partial charge in [-0.05, 0) is 25.0 Å². The molecule has 0 radical (unpaired) electrons. The molecule has 2 aliphatic rings. The van der Waals surface area contributed by atoms with E-state index in [9.17, 15) is 12.8 Å². The molecule has 1 aromatic rings. The number of nitrogens with zero attached hydrogens (tertiary/aromatic N) is 2. The molecule has 0 bridgehead atoms. The first kappa shape index (κ1) is 13.9.